The summed E-state index contributed by atoms with van der Waals surface area (Å²) < 4.78 is 28.5. The van der Waals surface area contributed by atoms with Crippen LogP contribution >= 0.6 is 11.3 Å². The Balaban J connectivity index is 2.01. The van der Waals surface area contributed by atoms with Gasteiger partial charge in [0.1, 0.15) is 0 Å². The smallest absolute Gasteiger partial charge is 0.262 e. The number of hydrogen-bond donors (Lipinski definition) is 1. The van der Waals surface area contributed by atoms with Gasteiger partial charge in [0.05, 0.1) is 21.3 Å². The normalized spacial score (nSPS) is 11.5. The highest BCUT2D eigenvalue weighted by Gasteiger charge is 2.19. The van der Waals surface area contributed by atoms with Gasteiger partial charge in [-0.3, -0.25) is 4.72 Å². The zero-order valence-electron chi connectivity index (χ0n) is 14.6. The molecule has 1 N–H and O–H groups in total. The number of aromatic nitrogens is 1. The fourth-order valence-corrected chi connectivity index (χ4v) is 4.70. The summed E-state index contributed by atoms with van der Waals surface area (Å²) in [5, 5.41) is 2.89. The quantitative estimate of drug-likeness (QED) is 0.712. The van der Waals surface area contributed by atoms with Crippen molar-refractivity contribution in [1.29, 1.82) is 0 Å². The maximum atomic E-state index is 12.9. The summed E-state index contributed by atoms with van der Waals surface area (Å²) in [5.74, 6) is 0. The molecule has 3 rings (SSSR count). The predicted octanol–water partition coefficient (Wildman–Crippen LogP) is 4.84. The Morgan fingerprint density at radius 2 is 1.72 bits per heavy atom. The minimum Gasteiger partial charge on any atom is -0.279 e. The first kappa shape index (κ1) is 17.6. The lowest BCUT2D eigenvalue weighted by Crippen LogP contribution is -2.15. The van der Waals surface area contributed by atoms with E-state index in [0.717, 1.165) is 27.4 Å². The Hall–Kier alpha value is -2.18. The Bertz CT molecular complexity index is 1040. The Morgan fingerprint density at radius 3 is 2.36 bits per heavy atom. The van der Waals surface area contributed by atoms with E-state index in [0.29, 0.717) is 11.3 Å². The number of aryl methyl sites for hydroxylation is 4. The monoisotopic (exact) mass is 372 g/mol. The Kier molecular flexibility index (Phi) is 4.67. The first-order valence-electron chi connectivity index (χ1n) is 7.89. The van der Waals surface area contributed by atoms with Gasteiger partial charge in [0, 0.05) is 10.9 Å². The van der Waals surface area contributed by atoms with Gasteiger partial charge in [0.2, 0.25) is 0 Å². The molecule has 0 unspecified atom stereocenters. The third-order valence-corrected chi connectivity index (χ3v) is 6.30. The lowest BCUT2D eigenvalue weighted by Gasteiger charge is -2.13. The molecule has 25 heavy (non-hydrogen) atoms. The summed E-state index contributed by atoms with van der Waals surface area (Å²) in [6.45, 7) is 7.61. The van der Waals surface area contributed by atoms with E-state index >= 15 is 0 Å². The number of rotatable bonds is 4. The van der Waals surface area contributed by atoms with E-state index in [1.54, 1.807) is 30.4 Å². The van der Waals surface area contributed by atoms with Crippen molar-refractivity contribution in [2.45, 2.75) is 32.6 Å². The molecule has 1 aromatic heterocycles. The molecule has 0 atom stereocenters. The molecule has 0 spiro atoms. The van der Waals surface area contributed by atoms with Gasteiger partial charge in [0.25, 0.3) is 10.0 Å². The van der Waals surface area contributed by atoms with Crippen molar-refractivity contribution >= 4 is 27.0 Å². The summed E-state index contributed by atoms with van der Waals surface area (Å²) in [6, 6.07) is 11.1. The Morgan fingerprint density at radius 1 is 0.960 bits per heavy atom. The highest BCUT2D eigenvalue weighted by atomic mass is 32.2. The summed E-state index contributed by atoms with van der Waals surface area (Å²) in [5.41, 5.74) is 4.89. The molecule has 130 valence electrons. The van der Waals surface area contributed by atoms with E-state index in [4.69, 9.17) is 0 Å². The average molecular weight is 373 g/mol. The second-order valence-corrected chi connectivity index (χ2v) is 8.87. The number of nitrogens with one attached hydrogen (secondary N) is 1. The van der Waals surface area contributed by atoms with Crippen molar-refractivity contribution in [1.82, 2.24) is 4.98 Å². The lowest BCUT2D eigenvalue weighted by molar-refractivity contribution is 0.600. The fourth-order valence-electron chi connectivity index (χ4n) is 2.67. The largest absolute Gasteiger partial charge is 0.279 e. The molecule has 0 aliphatic rings. The lowest BCUT2D eigenvalue weighted by atomic mass is 10.1. The molecule has 0 aliphatic carbocycles. The van der Waals surface area contributed by atoms with Crippen LogP contribution < -0.4 is 4.72 Å². The maximum absolute atomic E-state index is 12.9. The topological polar surface area (TPSA) is 59.1 Å². The van der Waals surface area contributed by atoms with E-state index in [9.17, 15) is 8.42 Å². The molecule has 0 aliphatic heterocycles. The van der Waals surface area contributed by atoms with Gasteiger partial charge in [-0.2, -0.15) is 0 Å². The molecule has 0 fully saturated rings. The van der Waals surface area contributed by atoms with Crippen molar-refractivity contribution in [3.05, 3.63) is 63.5 Å². The number of hydrogen-bond acceptors (Lipinski definition) is 4. The number of anilines is 1. The second-order valence-electron chi connectivity index (χ2n) is 6.16. The van der Waals surface area contributed by atoms with Crippen LogP contribution in [0.5, 0.6) is 0 Å². The van der Waals surface area contributed by atoms with Crippen LogP contribution in [-0.4, -0.2) is 13.4 Å². The molecular weight excluding hydrogens is 352 g/mol. The van der Waals surface area contributed by atoms with Crippen molar-refractivity contribution in [3.8, 4) is 11.3 Å². The second kappa shape index (κ2) is 6.61. The van der Waals surface area contributed by atoms with Crippen LogP contribution in [-0.2, 0) is 10.0 Å². The van der Waals surface area contributed by atoms with Crippen LogP contribution in [0.1, 0.15) is 21.7 Å². The van der Waals surface area contributed by atoms with E-state index in [1.165, 1.54) is 0 Å². The standard InChI is InChI=1S/C19H20N2O2S2/c1-12-5-8-17(14(3)9-12)21-25(22,23)19-10-16(7-6-13(19)2)18-11-24-15(4)20-18/h5-11,21H,1-4H3. The van der Waals surface area contributed by atoms with Gasteiger partial charge in [0.15, 0.2) is 0 Å². The molecular formula is C19H20N2O2S2. The van der Waals surface area contributed by atoms with Gasteiger partial charge in [-0.15, -0.1) is 11.3 Å². The summed E-state index contributed by atoms with van der Waals surface area (Å²) >= 11 is 1.55. The van der Waals surface area contributed by atoms with Gasteiger partial charge in [-0.1, -0.05) is 29.8 Å². The van der Waals surface area contributed by atoms with Crippen molar-refractivity contribution < 1.29 is 8.42 Å². The number of thiazole rings is 1. The van der Waals surface area contributed by atoms with Crippen LogP contribution in [0.4, 0.5) is 5.69 Å². The zero-order valence-corrected chi connectivity index (χ0v) is 16.3. The molecule has 2 aromatic carbocycles. The van der Waals surface area contributed by atoms with Gasteiger partial charge >= 0.3 is 0 Å². The molecule has 6 heteroatoms. The first-order valence-corrected chi connectivity index (χ1v) is 10.3. The van der Waals surface area contributed by atoms with Crippen LogP contribution in [0, 0.1) is 27.7 Å². The fraction of sp³-hybridized carbons (Fsp3) is 0.211. The van der Waals surface area contributed by atoms with Crippen molar-refractivity contribution in [2.24, 2.45) is 0 Å². The van der Waals surface area contributed by atoms with Crippen molar-refractivity contribution in [2.75, 3.05) is 4.72 Å². The molecule has 4 nitrogen and oxygen atoms in total. The highest BCUT2D eigenvalue weighted by Crippen LogP contribution is 2.28. The average Bonchev–Trinajstić information content (AvgIpc) is 2.97. The molecule has 0 bridgehead atoms. The number of sulfonamides is 1. The van der Waals surface area contributed by atoms with Gasteiger partial charge in [-0.05, 0) is 51.0 Å². The van der Waals surface area contributed by atoms with Crippen molar-refractivity contribution in [3.63, 3.8) is 0 Å². The zero-order chi connectivity index (χ0) is 18.2. The number of nitrogens with zero attached hydrogens (tertiary/aromatic N) is 1. The van der Waals surface area contributed by atoms with Gasteiger partial charge in [-0.25, -0.2) is 13.4 Å². The third kappa shape index (κ3) is 3.75. The minimum absolute atomic E-state index is 0.274. The summed E-state index contributed by atoms with van der Waals surface area (Å²) in [6.07, 6.45) is 0. The third-order valence-electron chi connectivity index (χ3n) is 4.02. The molecule has 0 radical (unpaired) electrons. The van der Waals surface area contributed by atoms with Crippen LogP contribution in [0.3, 0.4) is 0 Å². The highest BCUT2D eigenvalue weighted by molar-refractivity contribution is 7.92. The van der Waals surface area contributed by atoms with Crippen LogP contribution in [0.2, 0.25) is 0 Å². The molecule has 0 saturated heterocycles. The van der Waals surface area contributed by atoms with E-state index in [1.807, 2.05) is 50.4 Å². The van der Waals surface area contributed by atoms with E-state index in [-0.39, 0.29) is 4.90 Å². The molecule has 3 aromatic rings. The van der Waals surface area contributed by atoms with Gasteiger partial charge < -0.3 is 0 Å². The SMILES string of the molecule is Cc1ccc(NS(=O)(=O)c2cc(-c3csc(C)n3)ccc2C)c(C)c1. The Labute approximate surface area is 152 Å². The minimum atomic E-state index is -3.68. The van der Waals surface area contributed by atoms with Crippen LogP contribution in [0.25, 0.3) is 11.3 Å². The number of benzene rings is 2. The predicted molar refractivity (Wildman–Crippen MR) is 104 cm³/mol. The molecule has 0 amide bonds. The molecule has 0 saturated carbocycles. The summed E-state index contributed by atoms with van der Waals surface area (Å²) in [4.78, 5) is 4.72. The summed E-state index contributed by atoms with van der Waals surface area (Å²) in [7, 11) is -3.68. The van der Waals surface area contributed by atoms with Crippen LogP contribution in [0.15, 0.2) is 46.7 Å². The molecule has 1 heterocycles. The maximum Gasteiger partial charge on any atom is 0.262 e. The van der Waals surface area contributed by atoms with E-state index < -0.39 is 10.0 Å². The first-order chi connectivity index (χ1) is 11.8. The van der Waals surface area contributed by atoms with E-state index in [2.05, 4.69) is 9.71 Å².